The number of aromatic nitrogens is 4. The zero-order chi connectivity index (χ0) is 24.8. The van der Waals surface area contributed by atoms with Crippen molar-refractivity contribution in [3.8, 4) is 11.4 Å². The number of tetrazole rings is 1. The molecule has 0 spiro atoms. The predicted molar refractivity (Wildman–Crippen MR) is 131 cm³/mol. The van der Waals surface area contributed by atoms with E-state index in [4.69, 9.17) is 4.74 Å². The molecule has 4 rings (SSSR count). The van der Waals surface area contributed by atoms with E-state index < -0.39 is 17.8 Å². The van der Waals surface area contributed by atoms with Crippen molar-refractivity contribution in [2.75, 3.05) is 17.2 Å². The van der Waals surface area contributed by atoms with Gasteiger partial charge in [-0.05, 0) is 36.8 Å². The van der Waals surface area contributed by atoms with Gasteiger partial charge in [-0.15, -0.1) is 21.5 Å². The van der Waals surface area contributed by atoms with Crippen molar-refractivity contribution in [2.45, 2.75) is 20.4 Å². The lowest BCUT2D eigenvalue weighted by atomic mass is 10.1. The molecule has 0 atom stereocenters. The Labute approximate surface area is 204 Å². The minimum absolute atomic E-state index is 0.139. The summed E-state index contributed by atoms with van der Waals surface area (Å²) in [6, 6.07) is 18.2. The van der Waals surface area contributed by atoms with E-state index in [1.807, 2.05) is 36.4 Å². The molecule has 2 amide bonds. The summed E-state index contributed by atoms with van der Waals surface area (Å²) in [6.07, 6.45) is 0. The number of carbonyl (C=O) groups is 3. The second kappa shape index (κ2) is 10.7. The molecule has 2 heterocycles. The average Bonchev–Trinajstić information content (AvgIpc) is 3.44. The van der Waals surface area contributed by atoms with Crippen LogP contribution in [0.3, 0.4) is 0 Å². The summed E-state index contributed by atoms with van der Waals surface area (Å²) in [5.74, 6) is -1.11. The van der Waals surface area contributed by atoms with Crippen LogP contribution in [0.4, 0.5) is 10.7 Å². The van der Waals surface area contributed by atoms with Gasteiger partial charge in [0.05, 0.1) is 17.0 Å². The number of nitrogens with zero attached hydrogens (tertiary/aromatic N) is 4. The summed E-state index contributed by atoms with van der Waals surface area (Å²) in [7, 11) is 0. The van der Waals surface area contributed by atoms with Crippen LogP contribution in [-0.4, -0.2) is 44.6 Å². The van der Waals surface area contributed by atoms with E-state index in [-0.39, 0.29) is 28.6 Å². The van der Waals surface area contributed by atoms with Gasteiger partial charge in [0.2, 0.25) is 11.7 Å². The van der Waals surface area contributed by atoms with Gasteiger partial charge in [0.25, 0.3) is 5.91 Å². The number of benzene rings is 2. The Kier molecular flexibility index (Phi) is 7.27. The number of thiophene rings is 1. The van der Waals surface area contributed by atoms with E-state index >= 15 is 0 Å². The number of amides is 2. The second-order valence-electron chi connectivity index (χ2n) is 7.36. The number of ether oxygens (including phenoxy) is 1. The van der Waals surface area contributed by atoms with E-state index in [9.17, 15) is 14.4 Å². The van der Waals surface area contributed by atoms with Crippen LogP contribution >= 0.6 is 11.3 Å². The highest BCUT2D eigenvalue weighted by Gasteiger charge is 2.27. The smallest absolute Gasteiger partial charge is 0.341 e. The Morgan fingerprint density at radius 3 is 2.37 bits per heavy atom. The molecule has 35 heavy (non-hydrogen) atoms. The lowest BCUT2D eigenvalue weighted by molar-refractivity contribution is -0.117. The van der Waals surface area contributed by atoms with Crippen molar-refractivity contribution in [3.05, 3.63) is 76.7 Å². The molecule has 0 saturated carbocycles. The first-order valence-corrected chi connectivity index (χ1v) is 11.6. The van der Waals surface area contributed by atoms with E-state index in [0.29, 0.717) is 17.1 Å². The van der Waals surface area contributed by atoms with Crippen LogP contribution in [0.5, 0.6) is 0 Å². The Morgan fingerprint density at radius 1 is 1.00 bits per heavy atom. The van der Waals surface area contributed by atoms with Crippen molar-refractivity contribution in [3.63, 3.8) is 0 Å². The molecule has 178 valence electrons. The summed E-state index contributed by atoms with van der Waals surface area (Å²) in [6.45, 7) is 3.24. The maximum absolute atomic E-state index is 12.9. The first-order chi connectivity index (χ1) is 17.0. The summed E-state index contributed by atoms with van der Waals surface area (Å²) in [5.41, 5.74) is 1.94. The third-order valence-electron chi connectivity index (χ3n) is 4.89. The summed E-state index contributed by atoms with van der Waals surface area (Å²) >= 11 is 0.998. The fourth-order valence-corrected chi connectivity index (χ4v) is 4.39. The lowest BCUT2D eigenvalue weighted by Gasteiger charge is -2.06. The Balaban J connectivity index is 1.54. The van der Waals surface area contributed by atoms with Gasteiger partial charge >= 0.3 is 5.97 Å². The number of carbonyl (C=O) groups excluding carboxylic acids is 3. The molecule has 2 aromatic heterocycles. The molecule has 0 aliphatic carbocycles. The van der Waals surface area contributed by atoms with Gasteiger partial charge in [0.15, 0.2) is 0 Å². The molecule has 0 unspecified atom stereocenters. The molecule has 4 aromatic rings. The normalized spacial score (nSPS) is 10.6. The molecular formula is C24H22N6O4S. The summed E-state index contributed by atoms with van der Waals surface area (Å²) in [5, 5.41) is 17.8. The van der Waals surface area contributed by atoms with E-state index in [1.165, 1.54) is 0 Å². The molecule has 11 heteroatoms. The molecule has 2 N–H and O–H groups in total. The SMILES string of the molecule is CCOC(=O)c1c(NC(=O)Cn2nnc(-c3ccccc3)n2)sc(C(=O)Nc2ccccc2)c1C. The van der Waals surface area contributed by atoms with Gasteiger partial charge < -0.3 is 15.4 Å². The third kappa shape index (κ3) is 5.58. The van der Waals surface area contributed by atoms with Gasteiger partial charge in [0, 0.05) is 11.3 Å². The fourth-order valence-electron chi connectivity index (χ4n) is 3.28. The quantitative estimate of drug-likeness (QED) is 0.360. The van der Waals surface area contributed by atoms with Crippen LogP contribution in [0.1, 0.15) is 32.5 Å². The maximum atomic E-state index is 12.9. The zero-order valence-corrected chi connectivity index (χ0v) is 19.8. The first kappa shape index (κ1) is 23.8. The number of rotatable bonds is 8. The minimum atomic E-state index is -0.624. The van der Waals surface area contributed by atoms with Crippen molar-refractivity contribution in [2.24, 2.45) is 0 Å². The predicted octanol–water partition coefficient (Wildman–Crippen LogP) is 3.78. The molecule has 0 saturated heterocycles. The molecule has 0 bridgehead atoms. The van der Waals surface area contributed by atoms with Gasteiger partial charge in [-0.1, -0.05) is 48.5 Å². The van der Waals surface area contributed by atoms with Gasteiger partial charge in [0.1, 0.15) is 11.5 Å². The Morgan fingerprint density at radius 2 is 1.69 bits per heavy atom. The van der Waals surface area contributed by atoms with Crippen molar-refractivity contribution < 1.29 is 19.1 Å². The average molecular weight is 491 g/mol. The van der Waals surface area contributed by atoms with Crippen molar-refractivity contribution in [1.29, 1.82) is 0 Å². The third-order valence-corrected chi connectivity index (χ3v) is 6.09. The van der Waals surface area contributed by atoms with Gasteiger partial charge in [-0.2, -0.15) is 4.80 Å². The number of hydrogen-bond donors (Lipinski definition) is 2. The molecule has 0 aliphatic heterocycles. The van der Waals surface area contributed by atoms with Crippen LogP contribution in [0.25, 0.3) is 11.4 Å². The van der Waals surface area contributed by atoms with Crippen LogP contribution < -0.4 is 10.6 Å². The van der Waals surface area contributed by atoms with Crippen LogP contribution in [0, 0.1) is 6.92 Å². The highest BCUT2D eigenvalue weighted by molar-refractivity contribution is 7.18. The largest absolute Gasteiger partial charge is 0.462 e. The van der Waals surface area contributed by atoms with Crippen molar-refractivity contribution in [1.82, 2.24) is 20.2 Å². The van der Waals surface area contributed by atoms with Crippen LogP contribution in [-0.2, 0) is 16.1 Å². The molecule has 0 radical (unpaired) electrons. The number of anilines is 2. The topological polar surface area (TPSA) is 128 Å². The standard InChI is InChI=1S/C24H22N6O4S/c1-3-34-24(33)19-15(2)20(22(32)25-17-12-8-5-9-13-17)35-23(19)26-18(31)14-30-28-21(27-29-30)16-10-6-4-7-11-16/h4-13H,3,14H2,1-2H3,(H,25,32)(H,26,31). The molecule has 10 nitrogen and oxygen atoms in total. The lowest BCUT2D eigenvalue weighted by Crippen LogP contribution is -2.21. The number of hydrogen-bond acceptors (Lipinski definition) is 8. The summed E-state index contributed by atoms with van der Waals surface area (Å²) in [4.78, 5) is 39.7. The molecular weight excluding hydrogens is 468 g/mol. The number of para-hydroxylation sites is 1. The monoisotopic (exact) mass is 490 g/mol. The summed E-state index contributed by atoms with van der Waals surface area (Å²) < 4.78 is 5.16. The number of esters is 1. The zero-order valence-electron chi connectivity index (χ0n) is 19.0. The van der Waals surface area contributed by atoms with Crippen molar-refractivity contribution >= 4 is 39.8 Å². The minimum Gasteiger partial charge on any atom is -0.462 e. The van der Waals surface area contributed by atoms with E-state index in [2.05, 4.69) is 26.0 Å². The molecule has 2 aromatic carbocycles. The maximum Gasteiger partial charge on any atom is 0.341 e. The number of nitrogens with one attached hydrogen (secondary N) is 2. The first-order valence-electron chi connectivity index (χ1n) is 10.8. The highest BCUT2D eigenvalue weighted by atomic mass is 32.1. The highest BCUT2D eigenvalue weighted by Crippen LogP contribution is 2.34. The van der Waals surface area contributed by atoms with Crippen LogP contribution in [0.15, 0.2) is 60.7 Å². The molecule has 0 aliphatic rings. The Bertz CT molecular complexity index is 1350. The van der Waals surface area contributed by atoms with E-state index in [1.54, 1.807) is 38.1 Å². The van der Waals surface area contributed by atoms with Gasteiger partial charge in [-0.3, -0.25) is 9.59 Å². The van der Waals surface area contributed by atoms with Crippen LogP contribution in [0.2, 0.25) is 0 Å². The second-order valence-corrected chi connectivity index (χ2v) is 8.38. The van der Waals surface area contributed by atoms with E-state index in [0.717, 1.165) is 21.7 Å². The molecule has 0 fully saturated rings. The fraction of sp³-hybridized carbons (Fsp3) is 0.167. The van der Waals surface area contributed by atoms with Gasteiger partial charge in [-0.25, -0.2) is 4.79 Å². The Hall–Kier alpha value is -4.38.